The van der Waals surface area contributed by atoms with Gasteiger partial charge in [-0.3, -0.25) is 0 Å². The van der Waals surface area contributed by atoms with E-state index in [-0.39, 0.29) is 30.1 Å². The van der Waals surface area contributed by atoms with Crippen molar-refractivity contribution in [2.75, 3.05) is 0 Å². The summed E-state index contributed by atoms with van der Waals surface area (Å²) in [5.41, 5.74) is 2.52. The molecule has 7 heteroatoms. The maximum Gasteiger partial charge on any atom is 0.143 e. The fraction of sp³-hybridized carbons (Fsp3) is 0.174. The molecule has 1 aliphatic rings. The smallest absolute Gasteiger partial charge is 0.143 e. The Bertz CT molecular complexity index is 1080. The molecule has 1 saturated carbocycles. The third-order valence-electron chi connectivity index (χ3n) is 5.05. The first kappa shape index (κ1) is 21.1. The summed E-state index contributed by atoms with van der Waals surface area (Å²) in [6.45, 7) is 0.137. The van der Waals surface area contributed by atoms with E-state index in [9.17, 15) is 8.78 Å². The molecule has 3 aromatic rings. The van der Waals surface area contributed by atoms with Gasteiger partial charge in [0.2, 0.25) is 0 Å². The van der Waals surface area contributed by atoms with Gasteiger partial charge in [-0.1, -0.05) is 64.2 Å². The van der Waals surface area contributed by atoms with Gasteiger partial charge in [-0.25, -0.2) is 8.78 Å². The summed E-state index contributed by atoms with van der Waals surface area (Å²) in [5.74, 6) is -0.908. The first-order valence-electron chi connectivity index (χ1n) is 9.27. The summed E-state index contributed by atoms with van der Waals surface area (Å²) in [5, 5.41) is 5.71. The van der Waals surface area contributed by atoms with Crippen LogP contribution in [0.5, 0.6) is 0 Å². The zero-order valence-electron chi connectivity index (χ0n) is 15.6. The molecular formula is C23H16Cl3F2NO. The van der Waals surface area contributed by atoms with Crippen LogP contribution in [0.15, 0.2) is 65.8 Å². The van der Waals surface area contributed by atoms with Gasteiger partial charge in [0.1, 0.15) is 18.2 Å². The molecule has 0 aliphatic heterocycles. The molecule has 0 saturated heterocycles. The van der Waals surface area contributed by atoms with E-state index >= 15 is 0 Å². The quantitative estimate of drug-likeness (QED) is 0.270. The summed E-state index contributed by atoms with van der Waals surface area (Å²) < 4.78 is 27.8. The van der Waals surface area contributed by atoms with Crippen molar-refractivity contribution in [2.45, 2.75) is 18.9 Å². The normalized spacial score (nSPS) is 18.4. The van der Waals surface area contributed by atoms with Crippen molar-refractivity contribution in [1.29, 1.82) is 0 Å². The molecule has 2 atom stereocenters. The summed E-state index contributed by atoms with van der Waals surface area (Å²) in [4.78, 5) is 5.57. The Morgan fingerprint density at radius 1 is 0.967 bits per heavy atom. The minimum atomic E-state index is -0.351. The average Bonchev–Trinajstić information content (AvgIpc) is 3.47. The third-order valence-corrected chi connectivity index (χ3v) is 5.97. The van der Waals surface area contributed by atoms with Crippen molar-refractivity contribution < 1.29 is 13.6 Å². The number of rotatable bonds is 6. The van der Waals surface area contributed by atoms with Crippen molar-refractivity contribution in [1.82, 2.24) is 0 Å². The molecule has 4 rings (SSSR count). The lowest BCUT2D eigenvalue weighted by Gasteiger charge is -2.10. The number of oxime groups is 1. The Hall–Kier alpha value is -2.14. The topological polar surface area (TPSA) is 21.6 Å². The fourth-order valence-corrected chi connectivity index (χ4v) is 4.21. The molecule has 2 nitrogen and oxygen atoms in total. The van der Waals surface area contributed by atoms with Crippen molar-refractivity contribution in [2.24, 2.45) is 11.1 Å². The van der Waals surface area contributed by atoms with Crippen LogP contribution in [0.25, 0.3) is 0 Å². The van der Waals surface area contributed by atoms with E-state index in [4.69, 9.17) is 39.6 Å². The molecule has 30 heavy (non-hydrogen) atoms. The number of halogens is 5. The predicted octanol–water partition coefficient (Wildman–Crippen LogP) is 7.65. The molecule has 1 aliphatic carbocycles. The molecule has 2 unspecified atom stereocenters. The van der Waals surface area contributed by atoms with Crippen molar-refractivity contribution in [3.05, 3.63) is 104 Å². The molecule has 154 valence electrons. The second-order valence-electron chi connectivity index (χ2n) is 7.08. The standard InChI is InChI=1S/C23H16Cl3F2NO/c24-15-7-4-14(20(26)10-15)12-30-29-23(13-5-8-16(27)9-6-13)18-11-17(18)22-19(25)2-1-3-21(22)28/h1-10,17-18H,11-12H2. The van der Waals surface area contributed by atoms with Gasteiger partial charge in [-0.05, 0) is 54.3 Å². The largest absolute Gasteiger partial charge is 0.391 e. The first-order valence-corrected chi connectivity index (χ1v) is 10.4. The van der Waals surface area contributed by atoms with E-state index < -0.39 is 0 Å². The lowest BCUT2D eigenvalue weighted by Crippen LogP contribution is -2.07. The van der Waals surface area contributed by atoms with Crippen LogP contribution in [0, 0.1) is 17.6 Å². The Kier molecular flexibility index (Phi) is 6.28. The summed E-state index contributed by atoms with van der Waals surface area (Å²) in [7, 11) is 0. The van der Waals surface area contributed by atoms with Crippen LogP contribution >= 0.6 is 34.8 Å². The second-order valence-corrected chi connectivity index (χ2v) is 8.33. The van der Waals surface area contributed by atoms with Gasteiger partial charge in [-0.2, -0.15) is 0 Å². The van der Waals surface area contributed by atoms with Gasteiger partial charge < -0.3 is 4.84 Å². The van der Waals surface area contributed by atoms with Gasteiger partial charge in [0.15, 0.2) is 0 Å². The summed E-state index contributed by atoms with van der Waals surface area (Å²) in [6.07, 6.45) is 0.669. The molecule has 0 aromatic heterocycles. The van der Waals surface area contributed by atoms with Crippen molar-refractivity contribution >= 4 is 40.5 Å². The van der Waals surface area contributed by atoms with Gasteiger partial charge in [0.25, 0.3) is 0 Å². The maximum absolute atomic E-state index is 14.4. The highest BCUT2D eigenvalue weighted by atomic mass is 35.5. The Labute approximate surface area is 188 Å². The maximum atomic E-state index is 14.4. The highest BCUT2D eigenvalue weighted by molar-refractivity contribution is 6.35. The third kappa shape index (κ3) is 4.61. The molecular weight excluding hydrogens is 451 g/mol. The summed E-state index contributed by atoms with van der Waals surface area (Å²) in [6, 6.07) is 15.7. The first-order chi connectivity index (χ1) is 14.4. The predicted molar refractivity (Wildman–Crippen MR) is 116 cm³/mol. The summed E-state index contributed by atoms with van der Waals surface area (Å²) >= 11 is 18.3. The second kappa shape index (κ2) is 8.93. The minimum Gasteiger partial charge on any atom is -0.391 e. The number of hydrogen-bond acceptors (Lipinski definition) is 2. The Balaban J connectivity index is 1.59. The Morgan fingerprint density at radius 3 is 2.43 bits per heavy atom. The highest BCUT2D eigenvalue weighted by Gasteiger charge is 2.45. The molecule has 0 amide bonds. The fourth-order valence-electron chi connectivity index (χ4n) is 3.45. The number of hydrogen-bond donors (Lipinski definition) is 0. The van der Waals surface area contributed by atoms with Crippen LogP contribution in [0.4, 0.5) is 8.78 Å². The lowest BCUT2D eigenvalue weighted by molar-refractivity contribution is 0.130. The van der Waals surface area contributed by atoms with E-state index in [1.165, 1.54) is 18.2 Å². The lowest BCUT2D eigenvalue weighted by atomic mass is 10.0. The van der Waals surface area contributed by atoms with Gasteiger partial charge in [0, 0.05) is 32.1 Å². The van der Waals surface area contributed by atoms with Crippen LogP contribution < -0.4 is 0 Å². The average molecular weight is 467 g/mol. The van der Waals surface area contributed by atoms with Gasteiger partial charge in [0.05, 0.1) is 5.71 Å². The van der Waals surface area contributed by atoms with Crippen molar-refractivity contribution in [3.8, 4) is 0 Å². The molecule has 0 spiro atoms. The van der Waals surface area contributed by atoms with E-state index in [0.717, 1.165) is 5.56 Å². The monoisotopic (exact) mass is 465 g/mol. The molecule has 0 bridgehead atoms. The molecule has 0 heterocycles. The Morgan fingerprint density at radius 2 is 1.73 bits per heavy atom. The SMILES string of the molecule is Fc1ccc(C(=NOCc2ccc(Cl)cc2Cl)C2CC2c2c(F)cccc2Cl)cc1. The van der Waals surface area contributed by atoms with E-state index in [1.54, 1.807) is 42.5 Å². The van der Waals surface area contributed by atoms with E-state index in [0.29, 0.717) is 38.3 Å². The van der Waals surface area contributed by atoms with Crippen LogP contribution in [0.2, 0.25) is 15.1 Å². The molecule has 3 aromatic carbocycles. The van der Waals surface area contributed by atoms with Crippen LogP contribution in [0.3, 0.4) is 0 Å². The van der Waals surface area contributed by atoms with Crippen LogP contribution in [-0.2, 0) is 11.4 Å². The van der Waals surface area contributed by atoms with E-state index in [1.807, 2.05) is 0 Å². The molecule has 1 fully saturated rings. The highest BCUT2D eigenvalue weighted by Crippen LogP contribution is 2.52. The van der Waals surface area contributed by atoms with Crippen LogP contribution in [0.1, 0.15) is 29.0 Å². The number of benzene rings is 3. The van der Waals surface area contributed by atoms with Gasteiger partial charge >= 0.3 is 0 Å². The van der Waals surface area contributed by atoms with Gasteiger partial charge in [-0.15, -0.1) is 0 Å². The minimum absolute atomic E-state index is 0.0921. The van der Waals surface area contributed by atoms with Crippen LogP contribution in [-0.4, -0.2) is 5.71 Å². The number of nitrogens with zero attached hydrogens (tertiary/aromatic N) is 1. The molecule has 0 radical (unpaired) electrons. The molecule has 0 N–H and O–H groups in total. The van der Waals surface area contributed by atoms with Crippen molar-refractivity contribution in [3.63, 3.8) is 0 Å². The van der Waals surface area contributed by atoms with E-state index in [2.05, 4.69) is 5.16 Å². The zero-order valence-corrected chi connectivity index (χ0v) is 17.9. The zero-order chi connectivity index (χ0) is 21.3.